The molecule has 3 aromatic rings. The van der Waals surface area contributed by atoms with Gasteiger partial charge in [0.05, 0.1) is 0 Å². The molecule has 0 atom stereocenters. The summed E-state index contributed by atoms with van der Waals surface area (Å²) in [7, 11) is 2.17. The Morgan fingerprint density at radius 1 is 1.00 bits per heavy atom. The molecule has 2 N–H and O–H groups in total. The van der Waals surface area contributed by atoms with Gasteiger partial charge in [0.2, 0.25) is 0 Å². The van der Waals surface area contributed by atoms with E-state index in [1.165, 1.54) is 5.69 Å². The number of piperazine rings is 1. The summed E-state index contributed by atoms with van der Waals surface area (Å²) in [5, 5.41) is 4.41. The van der Waals surface area contributed by atoms with Crippen LogP contribution in [0.15, 0.2) is 59.4 Å². The molecule has 0 amide bonds. The van der Waals surface area contributed by atoms with Crippen molar-refractivity contribution >= 4 is 22.3 Å². The molecule has 1 aliphatic rings. The van der Waals surface area contributed by atoms with Crippen molar-refractivity contribution in [1.29, 1.82) is 0 Å². The minimum atomic E-state index is -0.0368. The number of benzene rings is 2. The Hall–Kier alpha value is -2.79. The lowest BCUT2D eigenvalue weighted by molar-refractivity contribution is 0.313. The molecule has 26 heavy (non-hydrogen) atoms. The van der Waals surface area contributed by atoms with Crippen LogP contribution in [-0.4, -0.2) is 43.1 Å². The molecule has 134 valence electrons. The second-order valence-electron chi connectivity index (χ2n) is 6.90. The fraction of sp³-hybridized carbons (Fsp3) is 0.286. The molecule has 5 nitrogen and oxygen atoms in total. The number of aromatic amines is 1. The number of aromatic nitrogens is 1. The molecule has 2 aromatic carbocycles. The van der Waals surface area contributed by atoms with Gasteiger partial charge in [-0.15, -0.1) is 0 Å². The minimum Gasteiger partial charge on any atom is -0.381 e. The highest BCUT2D eigenvalue weighted by Crippen LogP contribution is 2.20. The number of anilines is 2. The largest absolute Gasteiger partial charge is 0.381 e. The lowest BCUT2D eigenvalue weighted by Gasteiger charge is -2.34. The molecule has 2 heterocycles. The van der Waals surface area contributed by atoms with Crippen LogP contribution < -0.4 is 15.8 Å². The molecule has 4 rings (SSSR count). The van der Waals surface area contributed by atoms with Crippen LogP contribution in [-0.2, 0) is 6.54 Å². The number of fused-ring (bicyclic) bond motifs is 1. The molecule has 1 saturated heterocycles. The molecule has 1 fully saturated rings. The van der Waals surface area contributed by atoms with Gasteiger partial charge in [-0.1, -0.05) is 18.2 Å². The summed E-state index contributed by atoms with van der Waals surface area (Å²) in [6.45, 7) is 4.84. The summed E-state index contributed by atoms with van der Waals surface area (Å²) in [4.78, 5) is 19.9. The van der Waals surface area contributed by atoms with E-state index in [0.717, 1.165) is 48.3 Å². The molecule has 0 saturated carbocycles. The van der Waals surface area contributed by atoms with Crippen molar-refractivity contribution in [2.75, 3.05) is 43.4 Å². The molecule has 0 aliphatic carbocycles. The zero-order valence-corrected chi connectivity index (χ0v) is 15.0. The predicted octanol–water partition coefficient (Wildman–Crippen LogP) is 2.89. The van der Waals surface area contributed by atoms with Crippen LogP contribution in [0.4, 0.5) is 11.4 Å². The molecule has 1 aromatic heterocycles. The number of nitrogens with zero attached hydrogens (tertiary/aromatic N) is 2. The van der Waals surface area contributed by atoms with Gasteiger partial charge in [0.1, 0.15) is 0 Å². The molecular formula is C21H24N4O. The van der Waals surface area contributed by atoms with Crippen molar-refractivity contribution in [1.82, 2.24) is 9.88 Å². The van der Waals surface area contributed by atoms with E-state index >= 15 is 0 Å². The molecule has 0 unspecified atom stereocenters. The van der Waals surface area contributed by atoms with Gasteiger partial charge >= 0.3 is 0 Å². The van der Waals surface area contributed by atoms with Crippen LogP contribution in [0.5, 0.6) is 0 Å². The Morgan fingerprint density at radius 3 is 2.50 bits per heavy atom. The first-order valence-electron chi connectivity index (χ1n) is 9.07. The second-order valence-corrected chi connectivity index (χ2v) is 6.90. The average Bonchev–Trinajstić information content (AvgIpc) is 2.67. The molecule has 1 aliphatic heterocycles. The maximum absolute atomic E-state index is 12.2. The van der Waals surface area contributed by atoms with E-state index in [0.29, 0.717) is 6.54 Å². The van der Waals surface area contributed by atoms with Crippen molar-refractivity contribution < 1.29 is 0 Å². The summed E-state index contributed by atoms with van der Waals surface area (Å²) < 4.78 is 0. The third-order valence-electron chi connectivity index (χ3n) is 5.05. The number of pyridine rings is 1. The van der Waals surface area contributed by atoms with E-state index in [1.807, 2.05) is 30.3 Å². The summed E-state index contributed by atoms with van der Waals surface area (Å²) in [6.07, 6.45) is 0. The number of H-pyrrole nitrogens is 1. The van der Waals surface area contributed by atoms with Gasteiger partial charge in [0.25, 0.3) is 5.56 Å². The van der Waals surface area contributed by atoms with Gasteiger partial charge in [-0.2, -0.15) is 0 Å². The van der Waals surface area contributed by atoms with Crippen LogP contribution in [0.2, 0.25) is 0 Å². The van der Waals surface area contributed by atoms with Crippen LogP contribution in [0, 0.1) is 0 Å². The van der Waals surface area contributed by atoms with Crippen LogP contribution in [0.3, 0.4) is 0 Å². The topological polar surface area (TPSA) is 51.4 Å². The quantitative estimate of drug-likeness (QED) is 0.761. The van der Waals surface area contributed by atoms with Gasteiger partial charge in [0, 0.05) is 55.2 Å². The SMILES string of the molecule is CN1CCN(c2ccc(NCc3cc4ccccc4[nH]c3=O)cc2)CC1. The monoisotopic (exact) mass is 348 g/mol. The first-order valence-corrected chi connectivity index (χ1v) is 9.07. The van der Waals surface area contributed by atoms with Gasteiger partial charge in [-0.05, 0) is 48.8 Å². The lowest BCUT2D eigenvalue weighted by atomic mass is 10.1. The Balaban J connectivity index is 1.43. The zero-order chi connectivity index (χ0) is 17.9. The Kier molecular flexibility index (Phi) is 4.63. The van der Waals surface area contributed by atoms with Crippen molar-refractivity contribution in [2.45, 2.75) is 6.54 Å². The number of hydrogen-bond acceptors (Lipinski definition) is 4. The second kappa shape index (κ2) is 7.22. The fourth-order valence-electron chi connectivity index (χ4n) is 3.38. The van der Waals surface area contributed by atoms with E-state index < -0.39 is 0 Å². The van der Waals surface area contributed by atoms with Crippen LogP contribution in [0.25, 0.3) is 10.9 Å². The molecule has 0 bridgehead atoms. The number of para-hydroxylation sites is 1. The minimum absolute atomic E-state index is 0.0368. The highest BCUT2D eigenvalue weighted by Gasteiger charge is 2.13. The third-order valence-corrected chi connectivity index (χ3v) is 5.05. The van der Waals surface area contributed by atoms with Crippen LogP contribution >= 0.6 is 0 Å². The first kappa shape index (κ1) is 16.7. The highest BCUT2D eigenvalue weighted by atomic mass is 16.1. The standard InChI is InChI=1S/C21H24N4O/c1-24-10-12-25(13-11-24)19-8-6-18(7-9-19)22-15-17-14-16-4-2-3-5-20(16)23-21(17)26/h2-9,14,22H,10-13,15H2,1H3,(H,23,26). The van der Waals surface area contributed by atoms with Crippen molar-refractivity contribution in [3.05, 3.63) is 70.5 Å². The number of nitrogens with one attached hydrogen (secondary N) is 2. The van der Waals surface area contributed by atoms with Crippen molar-refractivity contribution in [3.8, 4) is 0 Å². The summed E-state index contributed by atoms with van der Waals surface area (Å²) in [5.74, 6) is 0. The molecule has 0 spiro atoms. The zero-order valence-electron chi connectivity index (χ0n) is 15.0. The Morgan fingerprint density at radius 2 is 1.73 bits per heavy atom. The number of hydrogen-bond donors (Lipinski definition) is 2. The maximum Gasteiger partial charge on any atom is 0.253 e. The molecule has 0 radical (unpaired) electrons. The van der Waals surface area contributed by atoms with Gasteiger partial charge in [-0.3, -0.25) is 4.79 Å². The highest BCUT2D eigenvalue weighted by molar-refractivity contribution is 5.78. The summed E-state index contributed by atoms with van der Waals surface area (Å²) >= 11 is 0. The molecular weight excluding hydrogens is 324 g/mol. The Bertz CT molecular complexity index is 940. The predicted molar refractivity (Wildman–Crippen MR) is 108 cm³/mol. The molecule has 5 heteroatoms. The third kappa shape index (κ3) is 3.58. The van der Waals surface area contributed by atoms with E-state index in [-0.39, 0.29) is 5.56 Å². The average molecular weight is 348 g/mol. The smallest absolute Gasteiger partial charge is 0.253 e. The van der Waals surface area contributed by atoms with Crippen molar-refractivity contribution in [3.63, 3.8) is 0 Å². The summed E-state index contributed by atoms with van der Waals surface area (Å²) in [5.41, 5.74) is 3.86. The van der Waals surface area contributed by atoms with E-state index in [9.17, 15) is 4.79 Å². The maximum atomic E-state index is 12.2. The van der Waals surface area contributed by atoms with Gasteiger partial charge in [-0.25, -0.2) is 0 Å². The first-order chi connectivity index (χ1) is 12.7. The van der Waals surface area contributed by atoms with E-state index in [1.54, 1.807) is 0 Å². The van der Waals surface area contributed by atoms with Crippen molar-refractivity contribution in [2.24, 2.45) is 0 Å². The fourth-order valence-corrected chi connectivity index (χ4v) is 3.38. The van der Waals surface area contributed by atoms with E-state index in [2.05, 4.69) is 51.4 Å². The summed E-state index contributed by atoms with van der Waals surface area (Å²) in [6, 6.07) is 18.3. The van der Waals surface area contributed by atoms with Gasteiger partial charge in [0.15, 0.2) is 0 Å². The van der Waals surface area contributed by atoms with E-state index in [4.69, 9.17) is 0 Å². The number of rotatable bonds is 4. The van der Waals surface area contributed by atoms with Gasteiger partial charge < -0.3 is 20.1 Å². The Labute approximate surface area is 153 Å². The van der Waals surface area contributed by atoms with Crippen LogP contribution in [0.1, 0.15) is 5.56 Å². The normalized spacial score (nSPS) is 15.3. The number of likely N-dealkylation sites (N-methyl/N-ethyl adjacent to an activating group) is 1. The lowest BCUT2D eigenvalue weighted by Crippen LogP contribution is -2.44.